The topological polar surface area (TPSA) is 26.0 Å². The number of halogens is 2. The van der Waals surface area contributed by atoms with E-state index in [1.807, 2.05) is 31.2 Å². The highest BCUT2D eigenvalue weighted by atomic mass is 35.5. The third kappa shape index (κ3) is 3.90. The van der Waals surface area contributed by atoms with Crippen molar-refractivity contribution in [3.63, 3.8) is 0 Å². The number of hydrogen-bond donors (Lipinski definition) is 1. The lowest BCUT2D eigenvalue weighted by Crippen LogP contribution is -2.05. The number of aryl methyl sites for hydroxylation is 1. The summed E-state index contributed by atoms with van der Waals surface area (Å²) in [6.45, 7) is 2.30. The number of hydrogen-bond acceptors (Lipinski definition) is 1. The van der Waals surface area contributed by atoms with Crippen LogP contribution >= 0.6 is 12.4 Å². The number of nitrogens with two attached hydrogens (primary N) is 1. The lowest BCUT2D eigenvalue weighted by Gasteiger charge is -2.03. The second kappa shape index (κ2) is 6.57. The van der Waals surface area contributed by atoms with Crippen molar-refractivity contribution in [3.8, 4) is 0 Å². The first kappa shape index (κ1) is 13.1. The van der Waals surface area contributed by atoms with E-state index in [0.717, 1.165) is 5.56 Å². The van der Waals surface area contributed by atoms with Gasteiger partial charge in [-0.25, -0.2) is 4.39 Å². The fourth-order valence-corrected chi connectivity index (χ4v) is 1.24. The van der Waals surface area contributed by atoms with Gasteiger partial charge >= 0.3 is 0 Å². The predicted octanol–water partition coefficient (Wildman–Crippen LogP) is 2.77. The molecule has 0 aromatic heterocycles. The summed E-state index contributed by atoms with van der Waals surface area (Å²) in [5, 5.41) is 0. The molecule has 1 aromatic carbocycles. The fourth-order valence-electron chi connectivity index (χ4n) is 1.24. The van der Waals surface area contributed by atoms with Gasteiger partial charge in [0.1, 0.15) is 0 Å². The molecule has 1 rings (SSSR count). The van der Waals surface area contributed by atoms with Gasteiger partial charge in [0.15, 0.2) is 0 Å². The molecule has 0 aliphatic carbocycles. The van der Waals surface area contributed by atoms with Crippen LogP contribution in [0, 0.1) is 6.92 Å². The van der Waals surface area contributed by atoms with E-state index in [9.17, 15) is 4.39 Å². The van der Waals surface area contributed by atoms with Gasteiger partial charge in [0, 0.05) is 6.54 Å². The molecule has 1 aromatic rings. The van der Waals surface area contributed by atoms with Crippen LogP contribution in [0.4, 0.5) is 4.39 Å². The molecule has 0 atom stereocenters. The van der Waals surface area contributed by atoms with Gasteiger partial charge in [0.05, 0.1) is 6.33 Å². The zero-order valence-corrected chi connectivity index (χ0v) is 8.98. The summed E-state index contributed by atoms with van der Waals surface area (Å²) in [6, 6.07) is 8.01. The maximum Gasteiger partial charge on any atom is 0.0875 e. The van der Waals surface area contributed by atoms with Gasteiger partial charge in [-0.2, -0.15) is 0 Å². The van der Waals surface area contributed by atoms with Gasteiger partial charge in [-0.1, -0.05) is 29.8 Å². The van der Waals surface area contributed by atoms with Gasteiger partial charge < -0.3 is 5.73 Å². The molecule has 0 saturated carbocycles. The molecule has 2 N–H and O–H groups in total. The van der Waals surface area contributed by atoms with Crippen LogP contribution in [0.15, 0.2) is 36.2 Å². The largest absolute Gasteiger partial charge is 0.327 e. The van der Waals surface area contributed by atoms with Crippen LogP contribution in [-0.2, 0) is 6.42 Å². The van der Waals surface area contributed by atoms with E-state index in [2.05, 4.69) is 0 Å². The Balaban J connectivity index is 0.00000169. The average molecular weight is 216 g/mol. The summed E-state index contributed by atoms with van der Waals surface area (Å²) in [7, 11) is 0. The van der Waals surface area contributed by atoms with E-state index in [-0.39, 0.29) is 19.0 Å². The standard InChI is InChI=1S/C11H14FN.ClH/c1-9-3-2-4-10(5-9)6-11(7-12)8-13;/h2-5,7H,6,8,13H2,1H3;1H. The molecule has 0 heterocycles. The predicted molar refractivity (Wildman–Crippen MR) is 60.4 cm³/mol. The highest BCUT2D eigenvalue weighted by Crippen LogP contribution is 2.09. The summed E-state index contributed by atoms with van der Waals surface area (Å²) in [4.78, 5) is 0. The summed E-state index contributed by atoms with van der Waals surface area (Å²) < 4.78 is 12.2. The van der Waals surface area contributed by atoms with Gasteiger partial charge in [-0.15, -0.1) is 12.4 Å². The highest BCUT2D eigenvalue weighted by Gasteiger charge is 1.97. The minimum Gasteiger partial charge on any atom is -0.327 e. The summed E-state index contributed by atoms with van der Waals surface area (Å²) in [6.07, 6.45) is 1.21. The van der Waals surface area contributed by atoms with E-state index in [0.29, 0.717) is 18.3 Å². The molecular formula is C11H15ClFN. The Hall–Kier alpha value is -0.860. The van der Waals surface area contributed by atoms with E-state index >= 15 is 0 Å². The number of rotatable bonds is 3. The molecule has 14 heavy (non-hydrogen) atoms. The number of benzene rings is 1. The first-order valence-electron chi connectivity index (χ1n) is 4.30. The van der Waals surface area contributed by atoms with E-state index in [4.69, 9.17) is 5.73 Å². The molecule has 0 amide bonds. The zero-order valence-electron chi connectivity index (χ0n) is 8.16. The second-order valence-corrected chi connectivity index (χ2v) is 3.14. The van der Waals surface area contributed by atoms with Crippen molar-refractivity contribution in [1.29, 1.82) is 0 Å². The van der Waals surface area contributed by atoms with Crippen LogP contribution in [0.5, 0.6) is 0 Å². The van der Waals surface area contributed by atoms with E-state index in [1.165, 1.54) is 5.56 Å². The van der Waals surface area contributed by atoms with E-state index in [1.54, 1.807) is 0 Å². The van der Waals surface area contributed by atoms with E-state index < -0.39 is 0 Å². The monoisotopic (exact) mass is 215 g/mol. The maximum atomic E-state index is 12.2. The molecule has 0 bridgehead atoms. The van der Waals surface area contributed by atoms with Crippen molar-refractivity contribution >= 4 is 12.4 Å². The molecule has 0 aliphatic heterocycles. The molecule has 1 nitrogen and oxygen atoms in total. The molecule has 0 unspecified atom stereocenters. The Labute approximate surface area is 90.2 Å². The lowest BCUT2D eigenvalue weighted by molar-refractivity contribution is 0.699. The molecule has 0 fully saturated rings. The quantitative estimate of drug-likeness (QED) is 0.825. The van der Waals surface area contributed by atoms with Crippen molar-refractivity contribution in [3.05, 3.63) is 47.3 Å². The minimum atomic E-state index is 0. The van der Waals surface area contributed by atoms with Crippen molar-refractivity contribution in [2.24, 2.45) is 5.73 Å². The lowest BCUT2D eigenvalue weighted by atomic mass is 10.0. The Bertz CT molecular complexity index is 310. The van der Waals surface area contributed by atoms with Crippen LogP contribution in [0.25, 0.3) is 0 Å². The van der Waals surface area contributed by atoms with Crippen molar-refractivity contribution in [1.82, 2.24) is 0 Å². The van der Waals surface area contributed by atoms with Crippen molar-refractivity contribution in [2.45, 2.75) is 13.3 Å². The molecule has 3 heteroatoms. The Morgan fingerprint density at radius 2 is 2.21 bits per heavy atom. The van der Waals surface area contributed by atoms with Gasteiger partial charge in [0.2, 0.25) is 0 Å². The SMILES string of the molecule is Cc1cccc(CC(=CF)CN)c1.Cl. The highest BCUT2D eigenvalue weighted by molar-refractivity contribution is 5.85. The van der Waals surface area contributed by atoms with Crippen molar-refractivity contribution < 1.29 is 4.39 Å². The molecule has 0 saturated heterocycles. The Kier molecular flexibility index (Phi) is 6.17. The van der Waals surface area contributed by atoms with Crippen LogP contribution in [0.2, 0.25) is 0 Å². The molecule has 0 spiro atoms. The van der Waals surface area contributed by atoms with Crippen LogP contribution in [0.3, 0.4) is 0 Å². The van der Waals surface area contributed by atoms with Crippen LogP contribution in [-0.4, -0.2) is 6.54 Å². The van der Waals surface area contributed by atoms with Gasteiger partial charge in [0.25, 0.3) is 0 Å². The smallest absolute Gasteiger partial charge is 0.0875 e. The molecule has 0 radical (unpaired) electrons. The first-order chi connectivity index (χ1) is 6.26. The van der Waals surface area contributed by atoms with Crippen molar-refractivity contribution in [2.75, 3.05) is 6.54 Å². The Morgan fingerprint density at radius 1 is 1.50 bits per heavy atom. The van der Waals surface area contributed by atoms with Crippen LogP contribution in [0.1, 0.15) is 11.1 Å². The average Bonchev–Trinajstić information content (AvgIpc) is 2.14. The third-order valence-corrected chi connectivity index (χ3v) is 1.93. The van der Waals surface area contributed by atoms with Crippen LogP contribution < -0.4 is 5.73 Å². The molecule has 0 aliphatic rings. The summed E-state index contributed by atoms with van der Waals surface area (Å²) in [5.74, 6) is 0. The third-order valence-electron chi connectivity index (χ3n) is 1.93. The normalized spacial score (nSPS) is 10.9. The molecular weight excluding hydrogens is 201 g/mol. The Morgan fingerprint density at radius 3 is 2.71 bits per heavy atom. The summed E-state index contributed by atoms with van der Waals surface area (Å²) >= 11 is 0. The molecule has 78 valence electrons. The maximum absolute atomic E-state index is 12.2. The minimum absolute atomic E-state index is 0. The second-order valence-electron chi connectivity index (χ2n) is 3.14. The zero-order chi connectivity index (χ0) is 9.68. The van der Waals surface area contributed by atoms with Gasteiger partial charge in [-0.3, -0.25) is 0 Å². The first-order valence-corrected chi connectivity index (χ1v) is 4.30. The summed E-state index contributed by atoms with van der Waals surface area (Å²) in [5.41, 5.74) is 8.28. The fraction of sp³-hybridized carbons (Fsp3) is 0.273. The van der Waals surface area contributed by atoms with Gasteiger partial charge in [-0.05, 0) is 24.5 Å².